The fourth-order valence-corrected chi connectivity index (χ4v) is 4.35. The predicted molar refractivity (Wildman–Crippen MR) is 83.6 cm³/mol. The van der Waals surface area contributed by atoms with Crippen LogP contribution in [0.25, 0.3) is 0 Å². The Morgan fingerprint density at radius 3 is 2.30 bits per heavy atom. The van der Waals surface area contributed by atoms with Crippen LogP contribution < -0.4 is 0 Å². The zero-order chi connectivity index (χ0) is 15.4. The molecule has 1 aliphatic rings. The molecule has 0 saturated carbocycles. The van der Waals surface area contributed by atoms with Crippen molar-refractivity contribution >= 4 is 44.9 Å². The number of nitrogens with zero attached hydrogens (tertiary/aromatic N) is 1. The number of unbranched alkanes of at least 4 members (excludes halogenated alkanes) is 4. The fourth-order valence-electron chi connectivity index (χ4n) is 2.19. The van der Waals surface area contributed by atoms with E-state index < -0.39 is 19.7 Å². The summed E-state index contributed by atoms with van der Waals surface area (Å²) in [6, 6.07) is 0.258. The van der Waals surface area contributed by atoms with Crippen LogP contribution in [0.15, 0.2) is 0 Å². The van der Waals surface area contributed by atoms with Crippen molar-refractivity contribution in [1.82, 2.24) is 5.06 Å². The third kappa shape index (κ3) is 7.14. The smallest absolute Gasteiger partial charge is 0.198 e. The van der Waals surface area contributed by atoms with Crippen molar-refractivity contribution in [1.29, 1.82) is 0 Å². The minimum absolute atomic E-state index is 0.103. The predicted octanol–water partition coefficient (Wildman–Crippen LogP) is 4.05. The maximum atomic E-state index is 11.7. The molecule has 3 atom stereocenters. The average molecular weight is 367 g/mol. The van der Waals surface area contributed by atoms with Crippen LogP contribution in [0.5, 0.6) is 0 Å². The summed E-state index contributed by atoms with van der Waals surface area (Å²) in [5, 5.41) is 1.48. The lowest BCUT2D eigenvalue weighted by Gasteiger charge is -2.11. The molecule has 0 aromatic carbocycles. The zero-order valence-electron chi connectivity index (χ0n) is 11.8. The molecule has 1 unspecified atom stereocenters. The zero-order valence-corrected chi connectivity index (χ0v) is 14.9. The largest absolute Gasteiger partial charge is 0.287 e. The molecule has 0 amide bonds. The van der Waals surface area contributed by atoms with Gasteiger partial charge in [0.15, 0.2) is 0 Å². The first-order valence-corrected chi connectivity index (χ1v) is 9.65. The SMILES string of the molecule is CCCCCCC[C@@H]1[C@@H](C)N1OS(=O)(=O)CC(Cl)(Cl)Cl. The highest BCUT2D eigenvalue weighted by Gasteiger charge is 2.48. The van der Waals surface area contributed by atoms with E-state index in [1.54, 1.807) is 0 Å². The summed E-state index contributed by atoms with van der Waals surface area (Å²) in [5.74, 6) is -0.642. The van der Waals surface area contributed by atoms with Crippen LogP contribution in [0.4, 0.5) is 0 Å². The number of hydroxylamine groups is 2. The monoisotopic (exact) mass is 365 g/mol. The van der Waals surface area contributed by atoms with E-state index in [1.807, 2.05) is 6.92 Å². The highest BCUT2D eigenvalue weighted by Crippen LogP contribution is 2.35. The second kappa shape index (κ2) is 7.84. The van der Waals surface area contributed by atoms with Gasteiger partial charge in [-0.1, -0.05) is 73.8 Å². The second-order valence-electron chi connectivity index (χ2n) is 5.26. The van der Waals surface area contributed by atoms with Crippen LogP contribution in [0.2, 0.25) is 0 Å². The van der Waals surface area contributed by atoms with E-state index in [9.17, 15) is 8.42 Å². The summed E-state index contributed by atoms with van der Waals surface area (Å²) in [7, 11) is -3.85. The number of alkyl halides is 3. The lowest BCUT2D eigenvalue weighted by Crippen LogP contribution is -2.24. The molecule has 120 valence electrons. The number of halogens is 3. The van der Waals surface area contributed by atoms with Gasteiger partial charge in [-0.2, -0.15) is 17.8 Å². The minimum Gasteiger partial charge on any atom is -0.198 e. The molecule has 0 aromatic heterocycles. The molecule has 0 bridgehead atoms. The Hall–Kier alpha value is 0.740. The summed E-state index contributed by atoms with van der Waals surface area (Å²) in [5.41, 5.74) is 0. The molecule has 0 aromatic rings. The van der Waals surface area contributed by atoms with Gasteiger partial charge in [-0.3, -0.25) is 0 Å². The molecular formula is C12H22Cl3NO3S. The van der Waals surface area contributed by atoms with Crippen molar-refractivity contribution in [3.05, 3.63) is 0 Å². The first kappa shape index (κ1) is 18.8. The lowest BCUT2D eigenvalue weighted by molar-refractivity contribution is 0.0490. The first-order valence-electron chi connectivity index (χ1n) is 6.93. The van der Waals surface area contributed by atoms with E-state index >= 15 is 0 Å². The van der Waals surface area contributed by atoms with E-state index in [0.29, 0.717) is 0 Å². The van der Waals surface area contributed by atoms with E-state index in [0.717, 1.165) is 12.8 Å². The molecule has 1 fully saturated rings. The van der Waals surface area contributed by atoms with Gasteiger partial charge in [0.1, 0.15) is 5.75 Å². The maximum absolute atomic E-state index is 11.7. The standard InChI is InChI=1S/C12H22Cl3NO3S/c1-3-4-5-6-7-8-11-10(2)16(11)19-20(17,18)9-12(13,14)15/h10-11H,3-9H2,1-2H3/t10-,11-,16?/m1/s1. The van der Waals surface area contributed by atoms with Crippen LogP contribution in [-0.2, 0) is 14.4 Å². The van der Waals surface area contributed by atoms with E-state index in [4.69, 9.17) is 39.1 Å². The number of hydrogen-bond acceptors (Lipinski definition) is 4. The Labute approximate surface area is 136 Å². The van der Waals surface area contributed by atoms with Crippen LogP contribution in [0, 0.1) is 0 Å². The van der Waals surface area contributed by atoms with Crippen molar-refractivity contribution < 1.29 is 12.7 Å². The molecule has 1 aliphatic heterocycles. The van der Waals surface area contributed by atoms with Gasteiger partial charge in [-0.15, -0.1) is 0 Å². The van der Waals surface area contributed by atoms with E-state index in [2.05, 4.69) is 6.92 Å². The Kier molecular flexibility index (Phi) is 7.36. The minimum atomic E-state index is -3.85. The van der Waals surface area contributed by atoms with Gasteiger partial charge >= 0.3 is 0 Å². The number of rotatable bonds is 9. The molecule has 0 aliphatic carbocycles. The van der Waals surface area contributed by atoms with Crippen molar-refractivity contribution in [3.63, 3.8) is 0 Å². The summed E-state index contributed by atoms with van der Waals surface area (Å²) >= 11 is 16.4. The van der Waals surface area contributed by atoms with E-state index in [1.165, 1.54) is 30.7 Å². The Balaban J connectivity index is 2.29. The topological polar surface area (TPSA) is 46.4 Å². The van der Waals surface area contributed by atoms with Gasteiger partial charge in [0.2, 0.25) is 3.79 Å². The Morgan fingerprint density at radius 2 is 1.75 bits per heavy atom. The van der Waals surface area contributed by atoms with E-state index in [-0.39, 0.29) is 12.1 Å². The number of hydrogen-bond donors (Lipinski definition) is 0. The third-order valence-electron chi connectivity index (χ3n) is 3.34. The molecule has 0 spiro atoms. The van der Waals surface area contributed by atoms with Gasteiger partial charge in [-0.05, 0) is 13.3 Å². The van der Waals surface area contributed by atoms with Crippen molar-refractivity contribution in [2.45, 2.75) is 68.2 Å². The molecule has 1 saturated heterocycles. The average Bonchev–Trinajstić information content (AvgIpc) is 2.84. The van der Waals surface area contributed by atoms with Crippen LogP contribution >= 0.6 is 34.8 Å². The molecule has 20 heavy (non-hydrogen) atoms. The highest BCUT2D eigenvalue weighted by atomic mass is 35.6. The Morgan fingerprint density at radius 1 is 1.15 bits per heavy atom. The lowest BCUT2D eigenvalue weighted by atomic mass is 10.1. The molecule has 0 radical (unpaired) electrons. The van der Waals surface area contributed by atoms with Gasteiger partial charge in [-0.25, -0.2) is 0 Å². The third-order valence-corrected chi connectivity index (χ3v) is 5.40. The Bertz CT molecular complexity index is 397. The summed E-state index contributed by atoms with van der Waals surface area (Å²) in [6.45, 7) is 4.11. The second-order valence-corrected chi connectivity index (χ2v) is 9.33. The first-order chi connectivity index (χ1) is 9.16. The summed E-state index contributed by atoms with van der Waals surface area (Å²) in [4.78, 5) is 0. The highest BCUT2D eigenvalue weighted by molar-refractivity contribution is 7.87. The summed E-state index contributed by atoms with van der Waals surface area (Å²) < 4.78 is 26.5. The molecular weight excluding hydrogens is 345 g/mol. The van der Waals surface area contributed by atoms with Gasteiger partial charge in [0.05, 0.1) is 12.1 Å². The van der Waals surface area contributed by atoms with Crippen LogP contribution in [-0.4, -0.2) is 35.1 Å². The van der Waals surface area contributed by atoms with Gasteiger partial charge in [0, 0.05) is 0 Å². The van der Waals surface area contributed by atoms with Crippen molar-refractivity contribution in [2.75, 3.05) is 5.75 Å². The molecule has 8 heteroatoms. The van der Waals surface area contributed by atoms with Gasteiger partial charge in [0.25, 0.3) is 10.1 Å². The van der Waals surface area contributed by atoms with Crippen LogP contribution in [0.1, 0.15) is 52.4 Å². The molecule has 0 N–H and O–H groups in total. The molecule has 4 nitrogen and oxygen atoms in total. The quantitative estimate of drug-likeness (QED) is 0.351. The maximum Gasteiger partial charge on any atom is 0.287 e. The molecule has 1 heterocycles. The normalized spacial score (nSPS) is 26.8. The molecule has 1 rings (SSSR count). The van der Waals surface area contributed by atoms with Crippen molar-refractivity contribution in [2.24, 2.45) is 0 Å². The van der Waals surface area contributed by atoms with Crippen LogP contribution in [0.3, 0.4) is 0 Å². The summed E-state index contributed by atoms with van der Waals surface area (Å²) in [6.07, 6.45) is 6.88. The van der Waals surface area contributed by atoms with Gasteiger partial charge < -0.3 is 0 Å². The fraction of sp³-hybridized carbons (Fsp3) is 1.00. The van der Waals surface area contributed by atoms with Crippen molar-refractivity contribution in [3.8, 4) is 0 Å².